The van der Waals surface area contributed by atoms with Crippen molar-refractivity contribution in [2.75, 3.05) is 6.54 Å². The highest BCUT2D eigenvalue weighted by atomic mass is 32.1. The molecule has 90 valence electrons. The highest BCUT2D eigenvalue weighted by molar-refractivity contribution is 7.11. The van der Waals surface area contributed by atoms with Gasteiger partial charge in [-0.25, -0.2) is 4.98 Å². The van der Waals surface area contributed by atoms with E-state index in [-0.39, 0.29) is 5.54 Å². The molecule has 2 rings (SSSR count). The van der Waals surface area contributed by atoms with Crippen molar-refractivity contribution in [3.8, 4) is 0 Å². The number of hydrogen-bond donors (Lipinski definition) is 1. The molecule has 3 heteroatoms. The molecule has 0 amide bonds. The Bertz CT molecular complexity index is 349. The maximum Gasteiger partial charge on any atom is 0.113 e. The van der Waals surface area contributed by atoms with Crippen LogP contribution in [0.25, 0.3) is 0 Å². The van der Waals surface area contributed by atoms with Gasteiger partial charge in [0.1, 0.15) is 5.01 Å². The van der Waals surface area contributed by atoms with Crippen LogP contribution >= 0.6 is 11.3 Å². The Kier molecular flexibility index (Phi) is 3.36. The molecule has 1 unspecified atom stereocenters. The molecular formula is C13H22N2S. The molecule has 0 bridgehead atoms. The lowest BCUT2D eigenvalue weighted by atomic mass is 9.96. The quantitative estimate of drug-likeness (QED) is 0.850. The predicted octanol–water partition coefficient (Wildman–Crippen LogP) is 3.38. The number of nitrogens with one attached hydrogen (secondary N) is 1. The number of aryl methyl sites for hydroxylation is 2. The minimum atomic E-state index is 0.125. The van der Waals surface area contributed by atoms with Crippen LogP contribution in [0, 0.1) is 19.8 Å². The highest BCUT2D eigenvalue weighted by Gasteiger charge is 2.44. The molecule has 0 aliphatic heterocycles. The van der Waals surface area contributed by atoms with Gasteiger partial charge >= 0.3 is 0 Å². The third kappa shape index (κ3) is 2.16. The summed E-state index contributed by atoms with van der Waals surface area (Å²) in [7, 11) is 0. The molecule has 0 spiro atoms. The summed E-state index contributed by atoms with van der Waals surface area (Å²) in [5.74, 6) is 0.795. The number of thiazole rings is 1. The van der Waals surface area contributed by atoms with Crippen molar-refractivity contribution < 1.29 is 0 Å². The molecule has 1 aliphatic rings. The number of rotatable bonds is 5. The Labute approximate surface area is 102 Å². The van der Waals surface area contributed by atoms with Crippen LogP contribution in [-0.4, -0.2) is 11.5 Å². The van der Waals surface area contributed by atoms with Gasteiger partial charge in [-0.05, 0) is 52.5 Å². The van der Waals surface area contributed by atoms with Crippen molar-refractivity contribution in [3.63, 3.8) is 0 Å². The zero-order valence-corrected chi connectivity index (χ0v) is 11.6. The van der Waals surface area contributed by atoms with Crippen LogP contribution < -0.4 is 5.32 Å². The summed E-state index contributed by atoms with van der Waals surface area (Å²) in [6.45, 7) is 9.92. The van der Waals surface area contributed by atoms with E-state index in [2.05, 4.69) is 33.0 Å². The van der Waals surface area contributed by atoms with Crippen molar-refractivity contribution in [2.24, 2.45) is 5.92 Å². The molecule has 1 aromatic rings. The van der Waals surface area contributed by atoms with Gasteiger partial charge in [0.15, 0.2) is 0 Å². The van der Waals surface area contributed by atoms with Gasteiger partial charge in [-0.15, -0.1) is 11.3 Å². The van der Waals surface area contributed by atoms with Crippen molar-refractivity contribution in [3.05, 3.63) is 15.6 Å². The van der Waals surface area contributed by atoms with Gasteiger partial charge in [-0.3, -0.25) is 0 Å². The highest BCUT2D eigenvalue weighted by Crippen LogP contribution is 2.46. The van der Waals surface area contributed by atoms with E-state index in [0.717, 1.165) is 12.5 Å². The van der Waals surface area contributed by atoms with E-state index < -0.39 is 0 Å². The van der Waals surface area contributed by atoms with Crippen LogP contribution in [0.3, 0.4) is 0 Å². The molecule has 0 aromatic carbocycles. The van der Waals surface area contributed by atoms with E-state index in [0.29, 0.717) is 0 Å². The summed E-state index contributed by atoms with van der Waals surface area (Å²) in [5.41, 5.74) is 1.32. The van der Waals surface area contributed by atoms with Crippen LogP contribution in [-0.2, 0) is 5.54 Å². The fourth-order valence-electron chi connectivity index (χ4n) is 2.13. The molecule has 1 heterocycles. The second-order valence-electron chi connectivity index (χ2n) is 5.06. The van der Waals surface area contributed by atoms with Gasteiger partial charge in [0.05, 0.1) is 11.2 Å². The average Bonchev–Trinajstić information content (AvgIpc) is 3.04. The predicted molar refractivity (Wildman–Crippen MR) is 70.0 cm³/mol. The fourth-order valence-corrected chi connectivity index (χ4v) is 3.25. The van der Waals surface area contributed by atoms with Gasteiger partial charge in [0.25, 0.3) is 0 Å². The SMILES string of the molecule is CCCNC(C)(c1nc(C)c(C)s1)C1CC1. The third-order valence-corrected chi connectivity index (χ3v) is 4.92. The summed E-state index contributed by atoms with van der Waals surface area (Å²) >= 11 is 1.87. The number of aromatic nitrogens is 1. The van der Waals surface area contributed by atoms with Gasteiger partial charge in [0, 0.05) is 4.88 Å². The maximum absolute atomic E-state index is 4.75. The topological polar surface area (TPSA) is 24.9 Å². The molecular weight excluding hydrogens is 216 g/mol. The second-order valence-corrected chi connectivity index (χ2v) is 6.27. The van der Waals surface area contributed by atoms with Gasteiger partial charge in [0.2, 0.25) is 0 Å². The Morgan fingerprint density at radius 1 is 1.44 bits per heavy atom. The maximum atomic E-state index is 4.75. The minimum absolute atomic E-state index is 0.125. The van der Waals surface area contributed by atoms with E-state index >= 15 is 0 Å². The first-order valence-corrected chi connectivity index (χ1v) is 7.09. The standard InChI is InChI=1S/C13H22N2S/c1-5-8-14-13(4,11-6-7-11)12-15-9(2)10(3)16-12/h11,14H,5-8H2,1-4H3. The van der Waals surface area contributed by atoms with Gasteiger partial charge in [-0.1, -0.05) is 6.92 Å². The molecule has 1 atom stereocenters. The van der Waals surface area contributed by atoms with Crippen LogP contribution in [0.1, 0.15) is 48.7 Å². The van der Waals surface area contributed by atoms with E-state index in [9.17, 15) is 0 Å². The van der Waals surface area contributed by atoms with Crippen molar-refractivity contribution in [2.45, 2.75) is 52.5 Å². The summed E-state index contributed by atoms with van der Waals surface area (Å²) < 4.78 is 0. The normalized spacial score (nSPS) is 19.8. The van der Waals surface area contributed by atoms with E-state index in [1.54, 1.807) is 0 Å². The molecule has 1 aromatic heterocycles. The lowest BCUT2D eigenvalue weighted by Gasteiger charge is -2.29. The summed E-state index contributed by atoms with van der Waals surface area (Å²) in [5, 5.41) is 5.00. The first kappa shape index (κ1) is 12.1. The van der Waals surface area contributed by atoms with Crippen molar-refractivity contribution in [1.29, 1.82) is 0 Å². The molecule has 0 radical (unpaired) electrons. The Balaban J connectivity index is 2.24. The van der Waals surface area contributed by atoms with E-state index in [1.807, 2.05) is 11.3 Å². The van der Waals surface area contributed by atoms with E-state index in [1.165, 1.54) is 34.8 Å². The Morgan fingerprint density at radius 3 is 2.56 bits per heavy atom. The Hall–Kier alpha value is -0.410. The largest absolute Gasteiger partial charge is 0.305 e. The van der Waals surface area contributed by atoms with Gasteiger partial charge in [-0.2, -0.15) is 0 Å². The first-order valence-electron chi connectivity index (χ1n) is 6.27. The van der Waals surface area contributed by atoms with Crippen LogP contribution in [0.5, 0.6) is 0 Å². The zero-order chi connectivity index (χ0) is 11.8. The number of hydrogen-bond acceptors (Lipinski definition) is 3. The number of nitrogens with zero attached hydrogens (tertiary/aromatic N) is 1. The minimum Gasteiger partial charge on any atom is -0.305 e. The van der Waals surface area contributed by atoms with Crippen LogP contribution in [0.4, 0.5) is 0 Å². The van der Waals surface area contributed by atoms with Crippen LogP contribution in [0.15, 0.2) is 0 Å². The smallest absolute Gasteiger partial charge is 0.113 e. The van der Waals surface area contributed by atoms with Crippen molar-refractivity contribution >= 4 is 11.3 Å². The summed E-state index contributed by atoms with van der Waals surface area (Å²) in [4.78, 5) is 6.11. The average molecular weight is 238 g/mol. The molecule has 1 saturated carbocycles. The monoisotopic (exact) mass is 238 g/mol. The van der Waals surface area contributed by atoms with Gasteiger partial charge < -0.3 is 5.32 Å². The summed E-state index contributed by atoms with van der Waals surface area (Å²) in [6, 6.07) is 0. The molecule has 2 nitrogen and oxygen atoms in total. The first-order chi connectivity index (χ1) is 7.58. The zero-order valence-electron chi connectivity index (χ0n) is 10.8. The van der Waals surface area contributed by atoms with Crippen molar-refractivity contribution in [1.82, 2.24) is 10.3 Å². The van der Waals surface area contributed by atoms with E-state index in [4.69, 9.17) is 4.98 Å². The Morgan fingerprint density at radius 2 is 2.12 bits per heavy atom. The van der Waals surface area contributed by atoms with Crippen LogP contribution in [0.2, 0.25) is 0 Å². The lowest BCUT2D eigenvalue weighted by Crippen LogP contribution is -2.42. The second kappa shape index (κ2) is 4.46. The summed E-state index contributed by atoms with van der Waals surface area (Å²) in [6.07, 6.45) is 3.89. The fraction of sp³-hybridized carbons (Fsp3) is 0.769. The molecule has 1 N–H and O–H groups in total. The lowest BCUT2D eigenvalue weighted by molar-refractivity contribution is 0.317. The molecule has 0 saturated heterocycles. The molecule has 16 heavy (non-hydrogen) atoms. The third-order valence-electron chi connectivity index (χ3n) is 3.61. The molecule has 1 aliphatic carbocycles. The molecule has 1 fully saturated rings.